The topological polar surface area (TPSA) is 90.8 Å². The molecule has 90 valence electrons. The fraction of sp³-hybridized carbons (Fsp3) is 0.167. The van der Waals surface area contributed by atoms with Crippen molar-refractivity contribution in [1.82, 2.24) is 4.90 Å². The number of amides is 2. The van der Waals surface area contributed by atoms with Crippen molar-refractivity contribution in [2.45, 2.75) is 13.0 Å². The first kappa shape index (κ1) is 11.9. The van der Waals surface area contributed by atoms with Crippen molar-refractivity contribution in [2.24, 2.45) is 0 Å². The van der Waals surface area contributed by atoms with E-state index in [9.17, 15) is 14.4 Å². The highest BCUT2D eigenvalue weighted by atomic mass is 16.2. The normalized spacial score (nSPS) is 15.1. The maximum absolute atomic E-state index is 12.0. The molecule has 0 aromatic heterocycles. The van der Waals surface area contributed by atoms with E-state index >= 15 is 0 Å². The molecule has 0 spiro atoms. The molecule has 0 radical (unpaired) electrons. The zero-order valence-electron chi connectivity index (χ0n) is 9.53. The number of nitrogens with zero attached hydrogens (tertiary/aromatic N) is 3. The molecule has 1 aliphatic heterocycles. The third-order valence-corrected chi connectivity index (χ3v) is 2.81. The van der Waals surface area contributed by atoms with Gasteiger partial charge in [-0.25, -0.2) is 0 Å². The molecule has 0 saturated heterocycles. The number of carbonyl (C=O) groups is 3. The van der Waals surface area contributed by atoms with E-state index in [0.717, 1.165) is 4.90 Å². The third kappa shape index (κ3) is 1.65. The number of ketones is 1. The number of hydrogen-bond acceptors (Lipinski definition) is 3. The van der Waals surface area contributed by atoms with Gasteiger partial charge >= 0.3 is 6.21 Å². The second-order valence-electron chi connectivity index (χ2n) is 3.85. The second-order valence-corrected chi connectivity index (χ2v) is 3.85. The van der Waals surface area contributed by atoms with E-state index in [1.807, 2.05) is 0 Å². The highest BCUT2D eigenvalue weighted by Crippen LogP contribution is 2.24. The SMILES string of the molecule is C[C@H](C(=O)C=[N+]=[N-])N1C(=O)c2ccccc2C1=O. The lowest BCUT2D eigenvalue weighted by molar-refractivity contribution is -0.119. The number of Topliss-reactive ketones (excluding diaryl/α,β-unsaturated/α-hetero) is 1. The lowest BCUT2D eigenvalue weighted by Gasteiger charge is -2.18. The van der Waals surface area contributed by atoms with Crippen LogP contribution >= 0.6 is 0 Å². The van der Waals surface area contributed by atoms with Crippen molar-refractivity contribution in [3.05, 3.63) is 40.9 Å². The predicted molar refractivity (Wildman–Crippen MR) is 61.1 cm³/mol. The summed E-state index contributed by atoms with van der Waals surface area (Å²) in [7, 11) is 0. The van der Waals surface area contributed by atoms with Gasteiger partial charge in [-0.3, -0.25) is 19.3 Å². The van der Waals surface area contributed by atoms with E-state index in [0.29, 0.717) is 6.21 Å². The Morgan fingerprint density at radius 3 is 2.22 bits per heavy atom. The van der Waals surface area contributed by atoms with Crippen LogP contribution < -0.4 is 0 Å². The molecule has 2 amide bonds. The Morgan fingerprint density at radius 1 is 1.28 bits per heavy atom. The van der Waals surface area contributed by atoms with Crippen LogP contribution in [0.4, 0.5) is 0 Å². The minimum absolute atomic E-state index is 0.281. The first-order valence-corrected chi connectivity index (χ1v) is 5.26. The van der Waals surface area contributed by atoms with Crippen LogP contribution in [0, 0.1) is 0 Å². The van der Waals surface area contributed by atoms with E-state index in [2.05, 4.69) is 4.79 Å². The summed E-state index contributed by atoms with van der Waals surface area (Å²) in [6.07, 6.45) is 0.675. The third-order valence-electron chi connectivity index (χ3n) is 2.81. The minimum Gasteiger partial charge on any atom is -0.361 e. The van der Waals surface area contributed by atoms with Gasteiger partial charge in [0.25, 0.3) is 17.6 Å². The lowest BCUT2D eigenvalue weighted by atomic mass is 10.1. The van der Waals surface area contributed by atoms with Crippen LogP contribution in [0.3, 0.4) is 0 Å². The molecule has 1 aliphatic rings. The molecular formula is C12H9N3O3. The molecule has 0 fully saturated rings. The van der Waals surface area contributed by atoms with Crippen LogP contribution in [0.2, 0.25) is 0 Å². The molecule has 6 nitrogen and oxygen atoms in total. The summed E-state index contributed by atoms with van der Waals surface area (Å²) in [5.74, 6) is -1.64. The predicted octanol–water partition coefficient (Wildman–Crippen LogP) is 0.541. The Kier molecular flexibility index (Phi) is 2.87. The quantitative estimate of drug-likeness (QED) is 0.336. The largest absolute Gasteiger partial charge is 0.361 e. The maximum atomic E-state index is 12.0. The van der Waals surface area contributed by atoms with Crippen LogP contribution in [0.15, 0.2) is 24.3 Å². The number of fused-ring (bicyclic) bond motifs is 1. The van der Waals surface area contributed by atoms with Crippen molar-refractivity contribution in [2.75, 3.05) is 0 Å². The summed E-state index contributed by atoms with van der Waals surface area (Å²) in [4.78, 5) is 39.0. The van der Waals surface area contributed by atoms with Gasteiger partial charge in [-0.15, -0.1) is 0 Å². The molecule has 0 unspecified atom stereocenters. The second kappa shape index (κ2) is 4.35. The Balaban J connectivity index is 2.40. The summed E-state index contributed by atoms with van der Waals surface area (Å²) >= 11 is 0. The summed E-state index contributed by atoms with van der Waals surface area (Å²) in [5, 5.41) is 0. The van der Waals surface area contributed by atoms with Crippen molar-refractivity contribution >= 4 is 23.8 Å². The molecule has 1 heterocycles. The van der Waals surface area contributed by atoms with E-state index in [4.69, 9.17) is 5.53 Å². The smallest absolute Gasteiger partial charge is 0.325 e. The van der Waals surface area contributed by atoms with Gasteiger partial charge in [-0.1, -0.05) is 12.1 Å². The highest BCUT2D eigenvalue weighted by molar-refractivity contribution is 6.31. The zero-order chi connectivity index (χ0) is 13.3. The molecule has 0 aliphatic carbocycles. The van der Waals surface area contributed by atoms with Gasteiger partial charge < -0.3 is 5.53 Å². The number of carbonyl (C=O) groups excluding carboxylic acids is 3. The number of benzene rings is 1. The molecule has 0 bridgehead atoms. The Labute approximate surface area is 102 Å². The molecule has 0 saturated carbocycles. The Hall–Kier alpha value is -2.59. The van der Waals surface area contributed by atoms with Crippen LogP contribution in [-0.4, -0.2) is 39.5 Å². The lowest BCUT2D eigenvalue weighted by Crippen LogP contribution is -2.43. The van der Waals surface area contributed by atoms with Gasteiger partial charge in [0.05, 0.1) is 11.1 Å². The Bertz CT molecular complexity index is 567. The summed E-state index contributed by atoms with van der Waals surface area (Å²) in [6, 6.07) is 5.37. The fourth-order valence-corrected chi connectivity index (χ4v) is 1.85. The van der Waals surface area contributed by atoms with E-state index in [1.54, 1.807) is 12.1 Å². The summed E-state index contributed by atoms with van der Waals surface area (Å²) in [6.45, 7) is 1.41. The van der Waals surface area contributed by atoms with Gasteiger partial charge in [0.1, 0.15) is 6.04 Å². The van der Waals surface area contributed by atoms with E-state index in [1.165, 1.54) is 19.1 Å². The van der Waals surface area contributed by atoms with Gasteiger partial charge in [0.2, 0.25) is 0 Å². The minimum atomic E-state index is -0.992. The van der Waals surface area contributed by atoms with Crippen LogP contribution in [0.25, 0.3) is 5.53 Å². The van der Waals surface area contributed by atoms with Gasteiger partial charge in [0.15, 0.2) is 0 Å². The summed E-state index contributed by atoms with van der Waals surface area (Å²) in [5.41, 5.74) is 8.86. The van der Waals surface area contributed by atoms with E-state index in [-0.39, 0.29) is 11.1 Å². The average molecular weight is 243 g/mol. The first-order chi connectivity index (χ1) is 8.57. The monoisotopic (exact) mass is 243 g/mol. The van der Waals surface area contributed by atoms with E-state index < -0.39 is 23.6 Å². The first-order valence-electron chi connectivity index (χ1n) is 5.26. The molecule has 1 atom stereocenters. The molecule has 1 aromatic rings. The molecule has 6 heteroatoms. The number of imide groups is 1. The maximum Gasteiger partial charge on any atom is 0.325 e. The number of hydrogen-bond donors (Lipinski definition) is 0. The van der Waals surface area contributed by atoms with Crippen LogP contribution in [-0.2, 0) is 4.79 Å². The molecule has 0 N–H and O–H groups in total. The molecule has 2 rings (SSSR count). The molecular weight excluding hydrogens is 234 g/mol. The zero-order valence-corrected chi connectivity index (χ0v) is 9.53. The average Bonchev–Trinajstić information content (AvgIpc) is 2.62. The molecule has 18 heavy (non-hydrogen) atoms. The van der Waals surface area contributed by atoms with Crippen molar-refractivity contribution in [1.29, 1.82) is 0 Å². The Morgan fingerprint density at radius 2 is 1.78 bits per heavy atom. The fourth-order valence-electron chi connectivity index (χ4n) is 1.85. The summed E-state index contributed by atoms with van der Waals surface area (Å²) < 4.78 is 0. The van der Waals surface area contributed by atoms with Gasteiger partial charge in [0, 0.05) is 0 Å². The van der Waals surface area contributed by atoms with Crippen LogP contribution in [0.5, 0.6) is 0 Å². The molecule has 1 aromatic carbocycles. The van der Waals surface area contributed by atoms with Crippen molar-refractivity contribution < 1.29 is 19.2 Å². The van der Waals surface area contributed by atoms with Gasteiger partial charge in [-0.2, -0.15) is 4.79 Å². The van der Waals surface area contributed by atoms with Gasteiger partial charge in [-0.05, 0) is 19.1 Å². The highest BCUT2D eigenvalue weighted by Gasteiger charge is 2.40. The number of rotatable bonds is 3. The van der Waals surface area contributed by atoms with Crippen LogP contribution in [0.1, 0.15) is 27.6 Å². The standard InChI is InChI=1S/C12H9N3O3/c1-7(10(16)6-14-13)15-11(17)8-4-2-3-5-9(8)12(15)18/h2-7H,1H3/t7-/m1/s1. The van der Waals surface area contributed by atoms with Crippen molar-refractivity contribution in [3.8, 4) is 0 Å². The van der Waals surface area contributed by atoms with Crippen molar-refractivity contribution in [3.63, 3.8) is 0 Å².